The van der Waals surface area contributed by atoms with Crippen LogP contribution in [0.1, 0.15) is 50.8 Å². The molecule has 0 aliphatic carbocycles. The number of anilines is 3. The maximum Gasteiger partial charge on any atom is 0.266 e. The first-order chi connectivity index (χ1) is 16.5. The summed E-state index contributed by atoms with van der Waals surface area (Å²) in [5.41, 5.74) is 1.77. The molecule has 3 amide bonds. The second-order valence-electron chi connectivity index (χ2n) is 8.19. The fourth-order valence-corrected chi connectivity index (χ4v) is 4.27. The molecule has 2 aromatic carbocycles. The molecule has 0 bridgehead atoms. The van der Waals surface area contributed by atoms with Crippen LogP contribution in [0, 0.1) is 0 Å². The molecule has 3 aromatic rings. The topological polar surface area (TPSA) is 91.8 Å². The highest BCUT2D eigenvalue weighted by atomic mass is 16.5. The Bertz CT molecular complexity index is 1250. The SMILES string of the molecule is CCOc1ccc(N2C(=O)c3ccc(C(=O)Nc4ccc(N5CCCC5)nc4)cc3C2=O)cc1. The van der Waals surface area contributed by atoms with Crippen molar-refractivity contribution in [1.29, 1.82) is 0 Å². The summed E-state index contributed by atoms with van der Waals surface area (Å²) in [6.45, 7) is 4.39. The number of carbonyl (C=O) groups excluding carboxylic acids is 3. The lowest BCUT2D eigenvalue weighted by Crippen LogP contribution is -2.29. The Hall–Kier alpha value is -4.20. The average Bonchev–Trinajstić information content (AvgIpc) is 3.48. The highest BCUT2D eigenvalue weighted by Crippen LogP contribution is 2.30. The molecular formula is C26H24N4O4. The summed E-state index contributed by atoms with van der Waals surface area (Å²) in [6.07, 6.45) is 3.95. The van der Waals surface area contributed by atoms with Crippen molar-refractivity contribution in [3.8, 4) is 5.75 Å². The molecule has 5 rings (SSSR count). The number of ether oxygens (including phenoxy) is 1. The van der Waals surface area contributed by atoms with Gasteiger partial charge in [0.1, 0.15) is 11.6 Å². The Labute approximate surface area is 197 Å². The number of aromatic nitrogens is 1. The van der Waals surface area contributed by atoms with Gasteiger partial charge in [0.25, 0.3) is 17.7 Å². The minimum Gasteiger partial charge on any atom is -0.494 e. The summed E-state index contributed by atoms with van der Waals surface area (Å²) in [5.74, 6) is 0.294. The Kier molecular flexibility index (Phi) is 5.71. The molecule has 2 aliphatic heterocycles. The molecule has 3 heterocycles. The van der Waals surface area contributed by atoms with Crippen LogP contribution in [-0.2, 0) is 0 Å². The largest absolute Gasteiger partial charge is 0.494 e. The van der Waals surface area contributed by atoms with Crippen LogP contribution < -0.4 is 19.9 Å². The Morgan fingerprint density at radius 1 is 0.971 bits per heavy atom. The smallest absolute Gasteiger partial charge is 0.266 e. The highest BCUT2D eigenvalue weighted by molar-refractivity contribution is 6.34. The molecule has 1 saturated heterocycles. The Morgan fingerprint density at radius 2 is 1.71 bits per heavy atom. The van der Waals surface area contributed by atoms with Gasteiger partial charge >= 0.3 is 0 Å². The maximum absolute atomic E-state index is 13.0. The lowest BCUT2D eigenvalue weighted by atomic mass is 10.1. The van der Waals surface area contributed by atoms with E-state index >= 15 is 0 Å². The number of carbonyl (C=O) groups is 3. The first-order valence-corrected chi connectivity index (χ1v) is 11.3. The van der Waals surface area contributed by atoms with Crippen LogP contribution in [0.15, 0.2) is 60.8 Å². The molecule has 0 spiro atoms. The monoisotopic (exact) mass is 456 g/mol. The fourth-order valence-electron chi connectivity index (χ4n) is 4.27. The molecule has 0 saturated carbocycles. The van der Waals surface area contributed by atoms with Crippen LogP contribution in [-0.4, -0.2) is 42.4 Å². The normalized spacial score (nSPS) is 15.0. The quantitative estimate of drug-likeness (QED) is 0.561. The van der Waals surface area contributed by atoms with E-state index in [1.165, 1.54) is 12.1 Å². The van der Waals surface area contributed by atoms with Crippen LogP contribution in [0.2, 0.25) is 0 Å². The van der Waals surface area contributed by atoms with E-state index in [9.17, 15) is 14.4 Å². The predicted octanol–water partition coefficient (Wildman–Crippen LogP) is 4.13. The van der Waals surface area contributed by atoms with Gasteiger partial charge < -0.3 is 15.0 Å². The number of rotatable bonds is 6. The summed E-state index contributed by atoms with van der Waals surface area (Å²) >= 11 is 0. The third-order valence-electron chi connectivity index (χ3n) is 5.99. The number of benzene rings is 2. The predicted molar refractivity (Wildman–Crippen MR) is 129 cm³/mol. The second kappa shape index (κ2) is 8.97. The van der Waals surface area contributed by atoms with Crippen LogP contribution in [0.5, 0.6) is 5.75 Å². The highest BCUT2D eigenvalue weighted by Gasteiger charge is 2.37. The van der Waals surface area contributed by atoms with Crippen molar-refractivity contribution in [2.45, 2.75) is 19.8 Å². The number of nitrogens with one attached hydrogen (secondary N) is 1. The molecule has 8 nitrogen and oxygen atoms in total. The standard InChI is InChI=1S/C26H24N4O4/c1-2-34-20-9-7-19(8-10-20)30-25(32)21-11-5-17(15-22(21)26(30)33)24(31)28-18-6-12-23(27-16-18)29-13-3-4-14-29/h5-12,15-16H,2-4,13-14H2,1H3,(H,28,31). The third-order valence-corrected chi connectivity index (χ3v) is 5.99. The number of nitrogens with zero attached hydrogens (tertiary/aromatic N) is 3. The first-order valence-electron chi connectivity index (χ1n) is 11.3. The van der Waals surface area contributed by atoms with Crippen molar-refractivity contribution < 1.29 is 19.1 Å². The molecule has 0 radical (unpaired) electrons. The average molecular weight is 457 g/mol. The molecule has 1 aromatic heterocycles. The Balaban J connectivity index is 1.32. The van der Waals surface area contributed by atoms with E-state index in [0.717, 1.165) is 36.6 Å². The van der Waals surface area contributed by atoms with E-state index in [1.807, 2.05) is 19.1 Å². The van der Waals surface area contributed by atoms with Gasteiger partial charge in [-0.25, -0.2) is 9.88 Å². The number of fused-ring (bicyclic) bond motifs is 1. The second-order valence-corrected chi connectivity index (χ2v) is 8.19. The van der Waals surface area contributed by atoms with E-state index in [-0.39, 0.29) is 22.6 Å². The third kappa shape index (κ3) is 3.98. The number of hydrogen-bond acceptors (Lipinski definition) is 6. The summed E-state index contributed by atoms with van der Waals surface area (Å²) in [6, 6.07) is 15.0. The lowest BCUT2D eigenvalue weighted by Gasteiger charge is -2.16. The van der Waals surface area contributed by atoms with Gasteiger partial charge in [0.05, 0.1) is 35.3 Å². The molecule has 1 N–H and O–H groups in total. The van der Waals surface area contributed by atoms with Crippen molar-refractivity contribution in [2.24, 2.45) is 0 Å². The van der Waals surface area contributed by atoms with Crippen LogP contribution in [0.25, 0.3) is 0 Å². The lowest BCUT2D eigenvalue weighted by molar-refractivity contribution is 0.0925. The fraction of sp³-hybridized carbons (Fsp3) is 0.231. The van der Waals surface area contributed by atoms with Crippen LogP contribution >= 0.6 is 0 Å². The van der Waals surface area contributed by atoms with E-state index in [1.54, 1.807) is 36.5 Å². The van der Waals surface area contributed by atoms with Gasteiger partial charge in [0, 0.05) is 18.7 Å². The van der Waals surface area contributed by atoms with Gasteiger partial charge in [-0.15, -0.1) is 0 Å². The van der Waals surface area contributed by atoms with Crippen molar-refractivity contribution in [2.75, 3.05) is 34.8 Å². The summed E-state index contributed by atoms with van der Waals surface area (Å²) in [4.78, 5) is 46.5. The summed E-state index contributed by atoms with van der Waals surface area (Å²) in [5, 5.41) is 2.81. The molecule has 8 heteroatoms. The zero-order chi connectivity index (χ0) is 23.7. The van der Waals surface area contributed by atoms with Crippen LogP contribution in [0.4, 0.5) is 17.2 Å². The molecule has 1 fully saturated rings. The summed E-state index contributed by atoms with van der Waals surface area (Å²) in [7, 11) is 0. The first kappa shape index (κ1) is 21.6. The number of pyridine rings is 1. The molecular weight excluding hydrogens is 432 g/mol. The molecule has 172 valence electrons. The van der Waals surface area contributed by atoms with E-state index in [4.69, 9.17) is 4.74 Å². The van der Waals surface area contributed by atoms with Gasteiger partial charge in [-0.1, -0.05) is 0 Å². The van der Waals surface area contributed by atoms with Crippen molar-refractivity contribution in [3.05, 3.63) is 77.5 Å². The van der Waals surface area contributed by atoms with E-state index in [0.29, 0.717) is 23.7 Å². The van der Waals surface area contributed by atoms with Crippen molar-refractivity contribution in [3.63, 3.8) is 0 Å². The maximum atomic E-state index is 13.0. The van der Waals surface area contributed by atoms with Gasteiger partial charge in [0.15, 0.2) is 0 Å². The van der Waals surface area contributed by atoms with Gasteiger partial charge in [-0.2, -0.15) is 0 Å². The number of imide groups is 1. The minimum atomic E-state index is -0.463. The van der Waals surface area contributed by atoms with Crippen molar-refractivity contribution >= 4 is 34.9 Å². The van der Waals surface area contributed by atoms with E-state index < -0.39 is 11.8 Å². The number of hydrogen-bond donors (Lipinski definition) is 1. The van der Waals surface area contributed by atoms with Gasteiger partial charge in [0.2, 0.25) is 0 Å². The zero-order valence-electron chi connectivity index (χ0n) is 18.8. The molecule has 2 aliphatic rings. The van der Waals surface area contributed by atoms with Gasteiger partial charge in [-0.3, -0.25) is 14.4 Å². The van der Waals surface area contributed by atoms with Gasteiger partial charge in [-0.05, 0) is 74.4 Å². The Morgan fingerprint density at radius 3 is 2.38 bits per heavy atom. The molecule has 0 atom stereocenters. The zero-order valence-corrected chi connectivity index (χ0v) is 18.8. The van der Waals surface area contributed by atoms with Crippen molar-refractivity contribution in [1.82, 2.24) is 4.98 Å². The molecule has 0 unspecified atom stereocenters. The minimum absolute atomic E-state index is 0.203. The summed E-state index contributed by atoms with van der Waals surface area (Å²) < 4.78 is 5.42. The van der Waals surface area contributed by atoms with E-state index in [2.05, 4.69) is 15.2 Å². The number of amides is 3. The van der Waals surface area contributed by atoms with Crippen LogP contribution in [0.3, 0.4) is 0 Å². The molecule has 34 heavy (non-hydrogen) atoms.